The summed E-state index contributed by atoms with van der Waals surface area (Å²) in [6.07, 6.45) is 5.79. The normalized spacial score (nSPS) is 17.9. The third kappa shape index (κ3) is 3.96. The van der Waals surface area contributed by atoms with E-state index >= 15 is 0 Å². The van der Waals surface area contributed by atoms with Gasteiger partial charge in [-0.2, -0.15) is 4.80 Å². The van der Waals surface area contributed by atoms with Crippen molar-refractivity contribution in [3.8, 4) is 22.9 Å². The lowest BCUT2D eigenvalue weighted by atomic mass is 9.97. The number of amides is 1. The lowest BCUT2D eigenvalue weighted by Gasteiger charge is -2.32. The van der Waals surface area contributed by atoms with Crippen molar-refractivity contribution in [2.24, 2.45) is 5.92 Å². The molecule has 0 N–H and O–H groups in total. The highest BCUT2D eigenvalue weighted by Crippen LogP contribution is 2.32. The molecule has 0 unspecified atom stereocenters. The molecule has 1 amide bonds. The van der Waals surface area contributed by atoms with E-state index in [0.717, 1.165) is 36.3 Å². The number of fused-ring (bicyclic) bond motifs is 1. The van der Waals surface area contributed by atoms with Gasteiger partial charge < -0.3 is 14.4 Å². The van der Waals surface area contributed by atoms with E-state index in [-0.39, 0.29) is 12.7 Å². The minimum absolute atomic E-state index is 0.127. The first kappa shape index (κ1) is 18.5. The molecule has 5 rings (SSSR count). The summed E-state index contributed by atoms with van der Waals surface area (Å²) in [7, 11) is 0. The van der Waals surface area contributed by atoms with Crippen LogP contribution in [-0.2, 0) is 17.8 Å². The number of nitrogens with zero attached hydrogens (tertiary/aromatic N) is 6. The third-order valence-electron chi connectivity index (χ3n) is 5.48. The van der Waals surface area contributed by atoms with Crippen molar-refractivity contribution in [2.45, 2.75) is 25.8 Å². The number of pyridine rings is 1. The summed E-state index contributed by atoms with van der Waals surface area (Å²) in [4.78, 5) is 20.4. The van der Waals surface area contributed by atoms with Gasteiger partial charge in [0.1, 0.15) is 0 Å². The van der Waals surface area contributed by atoms with Crippen LogP contribution in [-0.4, -0.2) is 55.9 Å². The summed E-state index contributed by atoms with van der Waals surface area (Å²) in [5.74, 6) is 2.46. The van der Waals surface area contributed by atoms with Gasteiger partial charge >= 0.3 is 0 Å². The van der Waals surface area contributed by atoms with Crippen LogP contribution in [0.3, 0.4) is 0 Å². The number of aromatic nitrogens is 5. The Morgan fingerprint density at radius 1 is 1.13 bits per heavy atom. The molecule has 0 bridgehead atoms. The summed E-state index contributed by atoms with van der Waals surface area (Å²) < 4.78 is 10.7. The summed E-state index contributed by atoms with van der Waals surface area (Å²) in [5, 5.41) is 12.8. The number of carbonyl (C=O) groups is 1. The van der Waals surface area contributed by atoms with E-state index in [4.69, 9.17) is 9.47 Å². The largest absolute Gasteiger partial charge is 0.454 e. The molecule has 0 radical (unpaired) electrons. The van der Waals surface area contributed by atoms with Gasteiger partial charge in [-0.1, -0.05) is 6.07 Å². The number of piperidine rings is 1. The number of hydrogen-bond donors (Lipinski definition) is 0. The maximum atomic E-state index is 12.9. The van der Waals surface area contributed by atoms with Gasteiger partial charge in [0.05, 0.1) is 13.0 Å². The zero-order valence-electron chi connectivity index (χ0n) is 16.5. The Kier molecular flexibility index (Phi) is 5.00. The first-order valence-electron chi connectivity index (χ1n) is 10.1. The Morgan fingerprint density at radius 3 is 2.90 bits per heavy atom. The molecule has 1 aromatic carbocycles. The van der Waals surface area contributed by atoms with Crippen LogP contribution in [0.4, 0.5) is 0 Å². The number of benzene rings is 1. The fourth-order valence-corrected chi connectivity index (χ4v) is 3.95. The predicted octanol–water partition coefficient (Wildman–Crippen LogP) is 1.95. The molecule has 154 valence electrons. The average molecular weight is 406 g/mol. The number of tetrazole rings is 1. The molecule has 0 saturated carbocycles. The van der Waals surface area contributed by atoms with Crippen molar-refractivity contribution in [1.29, 1.82) is 0 Å². The first-order chi connectivity index (χ1) is 14.7. The zero-order valence-corrected chi connectivity index (χ0v) is 16.5. The van der Waals surface area contributed by atoms with Crippen molar-refractivity contribution in [3.63, 3.8) is 0 Å². The van der Waals surface area contributed by atoms with Crippen LogP contribution in [0.2, 0.25) is 0 Å². The van der Waals surface area contributed by atoms with Crippen molar-refractivity contribution < 1.29 is 14.3 Å². The van der Waals surface area contributed by atoms with E-state index in [2.05, 4.69) is 20.4 Å². The minimum Gasteiger partial charge on any atom is -0.454 e. The Hall–Kier alpha value is -3.49. The van der Waals surface area contributed by atoms with Gasteiger partial charge in [0.2, 0.25) is 18.5 Å². The lowest BCUT2D eigenvalue weighted by molar-refractivity contribution is -0.132. The molecular weight excluding hydrogens is 384 g/mol. The molecule has 3 aromatic rings. The Bertz CT molecular complexity index is 1040. The first-order valence-corrected chi connectivity index (χ1v) is 10.1. The fourth-order valence-electron chi connectivity index (χ4n) is 3.95. The maximum absolute atomic E-state index is 12.9. The minimum atomic E-state index is 0.127. The van der Waals surface area contributed by atoms with Crippen LogP contribution < -0.4 is 9.47 Å². The Balaban J connectivity index is 1.20. The summed E-state index contributed by atoms with van der Waals surface area (Å²) in [6.45, 7) is 2.37. The second kappa shape index (κ2) is 8.10. The average Bonchev–Trinajstić information content (AvgIpc) is 3.44. The Morgan fingerprint density at radius 2 is 2.00 bits per heavy atom. The van der Waals surface area contributed by atoms with E-state index < -0.39 is 0 Å². The van der Waals surface area contributed by atoms with E-state index in [9.17, 15) is 4.79 Å². The number of carbonyl (C=O) groups excluding carboxylic acids is 1. The smallest absolute Gasteiger partial charge is 0.231 e. The lowest BCUT2D eigenvalue weighted by Crippen LogP contribution is -2.42. The van der Waals surface area contributed by atoms with Gasteiger partial charge in [0.25, 0.3) is 0 Å². The molecule has 2 aliphatic heterocycles. The van der Waals surface area contributed by atoms with Crippen molar-refractivity contribution in [1.82, 2.24) is 30.1 Å². The number of ether oxygens (including phenoxy) is 2. The van der Waals surface area contributed by atoms with Crippen LogP contribution in [0.5, 0.6) is 11.5 Å². The van der Waals surface area contributed by atoms with Gasteiger partial charge in [0, 0.05) is 31.0 Å². The van der Waals surface area contributed by atoms with Gasteiger partial charge in [0.15, 0.2) is 11.5 Å². The molecule has 9 heteroatoms. The van der Waals surface area contributed by atoms with Crippen LogP contribution in [0, 0.1) is 5.92 Å². The van der Waals surface area contributed by atoms with E-state index in [1.54, 1.807) is 17.2 Å². The Labute approximate surface area is 173 Å². The highest BCUT2D eigenvalue weighted by Gasteiger charge is 2.25. The monoisotopic (exact) mass is 406 g/mol. The summed E-state index contributed by atoms with van der Waals surface area (Å²) in [5.41, 5.74) is 1.83. The molecule has 30 heavy (non-hydrogen) atoms. The van der Waals surface area contributed by atoms with E-state index in [1.165, 1.54) is 0 Å². The van der Waals surface area contributed by atoms with E-state index in [1.807, 2.05) is 35.2 Å². The summed E-state index contributed by atoms with van der Waals surface area (Å²) >= 11 is 0. The topological polar surface area (TPSA) is 95.3 Å². The summed E-state index contributed by atoms with van der Waals surface area (Å²) in [6, 6.07) is 9.39. The molecular formula is C21H22N6O3. The van der Waals surface area contributed by atoms with Crippen LogP contribution in [0.15, 0.2) is 42.7 Å². The van der Waals surface area contributed by atoms with Gasteiger partial charge in [-0.25, -0.2) is 0 Å². The van der Waals surface area contributed by atoms with Crippen molar-refractivity contribution in [3.05, 3.63) is 48.3 Å². The van der Waals surface area contributed by atoms with Gasteiger partial charge in [-0.3, -0.25) is 9.78 Å². The highest BCUT2D eigenvalue weighted by molar-refractivity contribution is 5.79. The zero-order chi connectivity index (χ0) is 20.3. The maximum Gasteiger partial charge on any atom is 0.231 e. The van der Waals surface area contributed by atoms with Crippen molar-refractivity contribution in [2.75, 3.05) is 19.9 Å². The standard InChI is InChI=1S/C21H22N6O3/c28-20(11-15-3-4-18-19(10-15)30-14-29-18)26-9-1-2-16(12-26)13-27-24-21(23-25-27)17-5-7-22-8-6-17/h3-8,10,16H,1-2,9,11-14H2/t16-/m1/s1. The van der Waals surface area contributed by atoms with Crippen molar-refractivity contribution >= 4 is 5.91 Å². The molecule has 0 aliphatic carbocycles. The molecule has 4 heterocycles. The fraction of sp³-hybridized carbons (Fsp3) is 0.381. The second-order valence-electron chi connectivity index (χ2n) is 7.62. The van der Waals surface area contributed by atoms with Gasteiger partial charge in [-0.05, 0) is 53.8 Å². The van der Waals surface area contributed by atoms with Crippen LogP contribution in [0.1, 0.15) is 18.4 Å². The van der Waals surface area contributed by atoms with E-state index in [0.29, 0.717) is 37.0 Å². The molecule has 1 atom stereocenters. The molecule has 0 spiro atoms. The number of hydrogen-bond acceptors (Lipinski definition) is 7. The number of likely N-dealkylation sites (tertiary alicyclic amines) is 1. The molecule has 9 nitrogen and oxygen atoms in total. The molecule has 1 fully saturated rings. The second-order valence-corrected chi connectivity index (χ2v) is 7.62. The van der Waals surface area contributed by atoms with Gasteiger partial charge in [-0.15, -0.1) is 10.2 Å². The van der Waals surface area contributed by atoms with Crippen LogP contribution in [0.25, 0.3) is 11.4 Å². The van der Waals surface area contributed by atoms with Crippen LogP contribution >= 0.6 is 0 Å². The third-order valence-corrected chi connectivity index (χ3v) is 5.48. The molecule has 2 aliphatic rings. The highest BCUT2D eigenvalue weighted by atomic mass is 16.7. The quantitative estimate of drug-likeness (QED) is 0.639. The molecule has 1 saturated heterocycles. The predicted molar refractivity (Wildman–Crippen MR) is 107 cm³/mol. The number of rotatable bonds is 5. The molecule has 2 aromatic heterocycles. The SMILES string of the molecule is O=C(Cc1ccc2c(c1)OCO2)N1CCC[C@@H](Cn2nnc(-c3ccncc3)n2)C1.